The highest BCUT2D eigenvalue weighted by Gasteiger charge is 2.09. The van der Waals surface area contributed by atoms with Crippen LogP contribution in [-0.4, -0.2) is 24.4 Å². The average Bonchev–Trinajstić information content (AvgIpc) is 2.75. The van der Waals surface area contributed by atoms with E-state index in [1.165, 1.54) is 0 Å². The molecule has 0 spiro atoms. The molecule has 0 atom stereocenters. The summed E-state index contributed by atoms with van der Waals surface area (Å²) >= 11 is 0. The molecule has 3 nitrogen and oxygen atoms in total. The summed E-state index contributed by atoms with van der Waals surface area (Å²) in [6.07, 6.45) is 3.84. The molecule has 0 aliphatic carbocycles. The Morgan fingerprint density at radius 1 is 1.58 bits per heavy atom. The Kier molecular flexibility index (Phi) is 1.70. The molecule has 1 aliphatic heterocycles. The second-order valence-electron chi connectivity index (χ2n) is 2.60. The van der Waals surface area contributed by atoms with Crippen LogP contribution in [0.4, 0.5) is 0 Å². The molecule has 0 fully saturated rings. The Labute approximate surface area is 70.8 Å². The quantitative estimate of drug-likeness (QED) is 0.700. The Morgan fingerprint density at radius 3 is 3.08 bits per heavy atom. The maximum atomic E-state index is 5.07. The number of rotatable bonds is 2. The summed E-state index contributed by atoms with van der Waals surface area (Å²) in [4.78, 5) is 7.39. The van der Waals surface area contributed by atoms with Crippen LogP contribution in [0.1, 0.15) is 5.69 Å². The first-order valence-corrected chi connectivity index (χ1v) is 3.83. The van der Waals surface area contributed by atoms with E-state index in [2.05, 4.69) is 9.98 Å². The molecule has 2 rings (SSSR count). The number of methoxy groups -OCH3 is 1. The highest BCUT2D eigenvalue weighted by Crippen LogP contribution is 2.10. The van der Waals surface area contributed by atoms with Gasteiger partial charge >= 0.3 is 0 Å². The largest absolute Gasteiger partial charge is 0.499 e. The van der Waals surface area contributed by atoms with Crippen molar-refractivity contribution in [1.29, 1.82) is 0 Å². The molecule has 0 amide bonds. The van der Waals surface area contributed by atoms with E-state index in [-0.39, 0.29) is 0 Å². The number of hydrogen-bond acceptors (Lipinski definition) is 2. The molecule has 0 radical (unpaired) electrons. The zero-order chi connectivity index (χ0) is 8.39. The van der Waals surface area contributed by atoms with Gasteiger partial charge in [0.2, 0.25) is 0 Å². The van der Waals surface area contributed by atoms with Crippen molar-refractivity contribution in [3.8, 4) is 0 Å². The first-order valence-electron chi connectivity index (χ1n) is 3.83. The second-order valence-corrected chi connectivity index (χ2v) is 2.60. The van der Waals surface area contributed by atoms with Crippen LogP contribution in [0, 0.1) is 0 Å². The molecule has 12 heavy (non-hydrogen) atoms. The lowest BCUT2D eigenvalue weighted by Crippen LogP contribution is -1.93. The molecule has 3 heteroatoms. The van der Waals surface area contributed by atoms with Crippen LogP contribution in [0.15, 0.2) is 35.2 Å². The minimum absolute atomic E-state index is 0.658. The lowest BCUT2D eigenvalue weighted by atomic mass is 10.3. The zero-order valence-electron chi connectivity index (χ0n) is 6.87. The van der Waals surface area contributed by atoms with Gasteiger partial charge in [-0.05, 0) is 12.1 Å². The molecule has 0 unspecified atom stereocenters. The molecular weight excluding hydrogens is 152 g/mol. The smallest absolute Gasteiger partial charge is 0.119 e. The summed E-state index contributed by atoms with van der Waals surface area (Å²) in [5.41, 5.74) is 2.01. The van der Waals surface area contributed by atoms with Gasteiger partial charge in [0, 0.05) is 12.3 Å². The monoisotopic (exact) mass is 162 g/mol. The van der Waals surface area contributed by atoms with E-state index >= 15 is 0 Å². The fraction of sp³-hybridized carbons (Fsp3) is 0.222. The maximum absolute atomic E-state index is 5.07. The van der Waals surface area contributed by atoms with Gasteiger partial charge in [0.05, 0.1) is 25.1 Å². The summed E-state index contributed by atoms with van der Waals surface area (Å²) in [6.45, 7) is 0.658. The first kappa shape index (κ1) is 7.16. The number of ether oxygens (including phenoxy) is 1. The van der Waals surface area contributed by atoms with Crippen molar-refractivity contribution < 1.29 is 4.74 Å². The number of aromatic amines is 1. The normalized spacial score (nSPS) is 15.8. The standard InChI is InChI=1S/C9H10N2O/c1-12-7-5-9(11-6-7)8-3-2-4-10-8/h2-5,10H,6H2,1H3. The van der Waals surface area contributed by atoms with Crippen molar-refractivity contribution in [2.24, 2.45) is 4.99 Å². The van der Waals surface area contributed by atoms with Crippen molar-refractivity contribution in [2.45, 2.75) is 0 Å². The van der Waals surface area contributed by atoms with Gasteiger partial charge in [0.25, 0.3) is 0 Å². The lowest BCUT2D eigenvalue weighted by molar-refractivity contribution is 0.290. The van der Waals surface area contributed by atoms with Gasteiger partial charge in [0.15, 0.2) is 0 Å². The van der Waals surface area contributed by atoms with Crippen LogP contribution in [0.2, 0.25) is 0 Å². The SMILES string of the molecule is COC1=CC(c2ccc[nH]2)=NC1. The van der Waals surface area contributed by atoms with E-state index in [1.807, 2.05) is 24.4 Å². The molecule has 0 saturated heterocycles. The summed E-state index contributed by atoms with van der Waals surface area (Å²) in [5, 5.41) is 0. The predicted molar refractivity (Wildman–Crippen MR) is 47.3 cm³/mol. The van der Waals surface area contributed by atoms with Gasteiger partial charge in [-0.25, -0.2) is 0 Å². The number of nitrogens with zero attached hydrogens (tertiary/aromatic N) is 1. The van der Waals surface area contributed by atoms with E-state index < -0.39 is 0 Å². The fourth-order valence-electron chi connectivity index (χ4n) is 1.18. The number of nitrogens with one attached hydrogen (secondary N) is 1. The molecule has 0 saturated carbocycles. The Morgan fingerprint density at radius 2 is 2.50 bits per heavy atom. The molecule has 0 bridgehead atoms. The molecule has 1 aromatic rings. The van der Waals surface area contributed by atoms with Crippen LogP contribution in [0.5, 0.6) is 0 Å². The Bertz CT molecular complexity index is 322. The summed E-state index contributed by atoms with van der Waals surface area (Å²) in [7, 11) is 1.67. The van der Waals surface area contributed by atoms with Crippen LogP contribution in [-0.2, 0) is 4.74 Å². The highest BCUT2D eigenvalue weighted by atomic mass is 16.5. The van der Waals surface area contributed by atoms with Crippen LogP contribution in [0.3, 0.4) is 0 Å². The Balaban J connectivity index is 2.23. The van der Waals surface area contributed by atoms with Gasteiger partial charge < -0.3 is 9.72 Å². The number of aromatic nitrogens is 1. The van der Waals surface area contributed by atoms with E-state index in [1.54, 1.807) is 7.11 Å². The van der Waals surface area contributed by atoms with E-state index in [9.17, 15) is 0 Å². The number of H-pyrrole nitrogens is 1. The first-order chi connectivity index (χ1) is 5.90. The van der Waals surface area contributed by atoms with Crippen molar-refractivity contribution in [3.05, 3.63) is 35.9 Å². The topological polar surface area (TPSA) is 37.4 Å². The zero-order valence-corrected chi connectivity index (χ0v) is 6.87. The molecule has 1 aliphatic rings. The minimum atomic E-state index is 0.658. The lowest BCUT2D eigenvalue weighted by Gasteiger charge is -1.93. The summed E-state index contributed by atoms with van der Waals surface area (Å²) in [5.74, 6) is 0.916. The van der Waals surface area contributed by atoms with Crippen LogP contribution < -0.4 is 0 Å². The fourth-order valence-corrected chi connectivity index (χ4v) is 1.18. The maximum Gasteiger partial charge on any atom is 0.119 e. The third-order valence-electron chi connectivity index (χ3n) is 1.84. The van der Waals surface area contributed by atoms with Crippen molar-refractivity contribution in [2.75, 3.05) is 13.7 Å². The second kappa shape index (κ2) is 2.85. The predicted octanol–water partition coefficient (Wildman–Crippen LogP) is 1.35. The summed E-state index contributed by atoms with van der Waals surface area (Å²) in [6, 6.07) is 3.95. The van der Waals surface area contributed by atoms with E-state index in [0.29, 0.717) is 6.54 Å². The van der Waals surface area contributed by atoms with Crippen molar-refractivity contribution in [3.63, 3.8) is 0 Å². The Hall–Kier alpha value is -1.51. The van der Waals surface area contributed by atoms with Crippen LogP contribution in [0.25, 0.3) is 0 Å². The number of aliphatic imine (C=N–C) groups is 1. The third-order valence-corrected chi connectivity index (χ3v) is 1.84. The molecule has 2 heterocycles. The number of hydrogen-bond donors (Lipinski definition) is 1. The average molecular weight is 162 g/mol. The van der Waals surface area contributed by atoms with Gasteiger partial charge in [-0.2, -0.15) is 0 Å². The highest BCUT2D eigenvalue weighted by molar-refractivity contribution is 6.09. The molecule has 1 aromatic heterocycles. The van der Waals surface area contributed by atoms with Gasteiger partial charge in [-0.15, -0.1) is 0 Å². The van der Waals surface area contributed by atoms with Gasteiger partial charge in [0.1, 0.15) is 5.76 Å². The molecular formula is C9H10N2O. The summed E-state index contributed by atoms with van der Waals surface area (Å²) < 4.78 is 5.07. The molecule has 62 valence electrons. The van der Waals surface area contributed by atoms with Gasteiger partial charge in [-0.1, -0.05) is 0 Å². The van der Waals surface area contributed by atoms with Crippen molar-refractivity contribution in [1.82, 2.24) is 4.98 Å². The number of allylic oxidation sites excluding steroid dienone is 1. The molecule has 1 N–H and O–H groups in total. The van der Waals surface area contributed by atoms with E-state index in [0.717, 1.165) is 17.2 Å². The minimum Gasteiger partial charge on any atom is -0.499 e. The van der Waals surface area contributed by atoms with Crippen LogP contribution >= 0.6 is 0 Å². The van der Waals surface area contributed by atoms with E-state index in [4.69, 9.17) is 4.74 Å². The third kappa shape index (κ3) is 1.13. The molecule has 0 aromatic carbocycles. The van der Waals surface area contributed by atoms with Crippen molar-refractivity contribution >= 4 is 5.71 Å². The van der Waals surface area contributed by atoms with Gasteiger partial charge in [-0.3, -0.25) is 4.99 Å².